The van der Waals surface area contributed by atoms with E-state index in [4.69, 9.17) is 14.2 Å². The summed E-state index contributed by atoms with van der Waals surface area (Å²) in [6.45, 7) is 2.22. The van der Waals surface area contributed by atoms with E-state index >= 15 is 0 Å². The van der Waals surface area contributed by atoms with E-state index in [2.05, 4.69) is 10.3 Å². The van der Waals surface area contributed by atoms with Gasteiger partial charge in [-0.1, -0.05) is 0 Å². The molecule has 7 nitrogen and oxygen atoms in total. The Morgan fingerprint density at radius 3 is 2.76 bits per heavy atom. The van der Waals surface area contributed by atoms with Gasteiger partial charge in [-0.05, 0) is 37.3 Å². The Morgan fingerprint density at radius 1 is 1.28 bits per heavy atom. The third kappa shape index (κ3) is 4.60. The Bertz CT molecular complexity index is 720. The van der Waals surface area contributed by atoms with E-state index in [1.54, 1.807) is 36.5 Å². The molecule has 2 rings (SSSR count). The highest BCUT2D eigenvalue weighted by Crippen LogP contribution is 2.29. The zero-order chi connectivity index (χ0) is 18.2. The fraction of sp³-hybridized carbons (Fsp3) is 0.333. The lowest BCUT2D eigenvalue weighted by atomic mass is 10.1. The fourth-order valence-electron chi connectivity index (χ4n) is 2.31. The van der Waals surface area contributed by atoms with Crippen LogP contribution in [0.25, 0.3) is 0 Å². The van der Waals surface area contributed by atoms with Crippen LogP contribution in [0.3, 0.4) is 0 Å². The first-order valence-corrected chi connectivity index (χ1v) is 7.86. The van der Waals surface area contributed by atoms with Gasteiger partial charge in [0.25, 0.3) is 5.91 Å². The molecule has 0 aliphatic rings. The number of ether oxygens (including phenoxy) is 3. The van der Waals surface area contributed by atoms with Crippen LogP contribution in [0.15, 0.2) is 36.5 Å². The highest BCUT2D eigenvalue weighted by Gasteiger charge is 2.18. The van der Waals surface area contributed by atoms with Gasteiger partial charge in [0.05, 0.1) is 20.8 Å². The molecule has 1 heterocycles. The maximum atomic E-state index is 12.4. The van der Waals surface area contributed by atoms with Gasteiger partial charge in [-0.3, -0.25) is 4.79 Å². The van der Waals surface area contributed by atoms with Crippen LogP contribution in [0.1, 0.15) is 28.9 Å². The van der Waals surface area contributed by atoms with Crippen LogP contribution < -0.4 is 19.5 Å². The lowest BCUT2D eigenvalue weighted by Crippen LogP contribution is -2.29. The number of nitrogens with one attached hydrogen (secondary N) is 1. The maximum absolute atomic E-state index is 12.4. The van der Waals surface area contributed by atoms with E-state index in [0.717, 1.165) is 0 Å². The number of methoxy groups -OCH3 is 2. The van der Waals surface area contributed by atoms with Crippen molar-refractivity contribution in [1.82, 2.24) is 10.3 Å². The molecule has 134 valence electrons. The quantitative estimate of drug-likeness (QED) is 0.759. The van der Waals surface area contributed by atoms with Crippen molar-refractivity contribution in [3.63, 3.8) is 0 Å². The largest absolute Gasteiger partial charge is 0.497 e. The second-order valence-corrected chi connectivity index (χ2v) is 5.12. The molecule has 0 fully saturated rings. The lowest BCUT2D eigenvalue weighted by molar-refractivity contribution is 0.0910. The molecule has 1 amide bonds. The van der Waals surface area contributed by atoms with Crippen LogP contribution in [0.2, 0.25) is 0 Å². The highest BCUT2D eigenvalue weighted by molar-refractivity contribution is 5.96. The molecule has 2 aromatic rings. The summed E-state index contributed by atoms with van der Waals surface area (Å²) in [6.07, 6.45) is 0.596. The van der Waals surface area contributed by atoms with Crippen LogP contribution in [-0.2, 0) is 0 Å². The molecule has 0 saturated heterocycles. The molecule has 0 unspecified atom stereocenters. The van der Waals surface area contributed by atoms with Crippen LogP contribution in [-0.4, -0.2) is 43.4 Å². The smallest absolute Gasteiger partial charge is 0.256 e. The molecular formula is C18H22N2O5. The molecular weight excluding hydrogens is 324 g/mol. The Hall–Kier alpha value is -2.80. The van der Waals surface area contributed by atoms with E-state index in [-0.39, 0.29) is 18.3 Å². The molecule has 0 aliphatic heterocycles. The zero-order valence-corrected chi connectivity index (χ0v) is 14.5. The van der Waals surface area contributed by atoms with E-state index < -0.39 is 6.10 Å². The number of pyridine rings is 1. The van der Waals surface area contributed by atoms with Gasteiger partial charge in [0.15, 0.2) is 0 Å². The van der Waals surface area contributed by atoms with Gasteiger partial charge >= 0.3 is 0 Å². The maximum Gasteiger partial charge on any atom is 0.256 e. The Morgan fingerprint density at radius 2 is 2.08 bits per heavy atom. The first kappa shape index (κ1) is 18.5. The van der Waals surface area contributed by atoms with Crippen LogP contribution in [0.4, 0.5) is 0 Å². The first-order chi connectivity index (χ1) is 12.1. The molecule has 0 bridgehead atoms. The van der Waals surface area contributed by atoms with Crippen molar-refractivity contribution in [2.75, 3.05) is 27.4 Å². The standard InChI is InChI=1S/C18H22N2O5/c1-4-25-18-13(6-5-9-19-18)17(22)20-11-15(21)14-10-12(23-2)7-8-16(14)24-3/h5-10,15,21H,4,11H2,1-3H3,(H,20,22)/t15-/m1/s1. The predicted molar refractivity (Wildman–Crippen MR) is 92.2 cm³/mol. The summed E-state index contributed by atoms with van der Waals surface area (Å²) in [6, 6.07) is 8.38. The average molecular weight is 346 g/mol. The number of carbonyl (C=O) groups excluding carboxylic acids is 1. The van der Waals surface area contributed by atoms with Gasteiger partial charge in [-0.2, -0.15) is 0 Å². The monoisotopic (exact) mass is 346 g/mol. The minimum absolute atomic E-state index is 0.00280. The summed E-state index contributed by atoms with van der Waals surface area (Å²) < 4.78 is 15.8. The van der Waals surface area contributed by atoms with Crippen molar-refractivity contribution < 1.29 is 24.1 Å². The Labute approximate surface area is 146 Å². The summed E-state index contributed by atoms with van der Waals surface area (Å²) >= 11 is 0. The van der Waals surface area contributed by atoms with Crippen molar-refractivity contribution in [2.45, 2.75) is 13.0 Å². The number of amides is 1. The molecule has 0 aliphatic carbocycles. The first-order valence-electron chi connectivity index (χ1n) is 7.86. The minimum Gasteiger partial charge on any atom is -0.497 e. The van der Waals surface area contributed by atoms with E-state index in [1.165, 1.54) is 14.2 Å². The minimum atomic E-state index is -0.957. The van der Waals surface area contributed by atoms with E-state index in [1.807, 2.05) is 6.92 Å². The fourth-order valence-corrected chi connectivity index (χ4v) is 2.31. The topological polar surface area (TPSA) is 89.9 Å². The molecule has 25 heavy (non-hydrogen) atoms. The molecule has 1 aromatic heterocycles. The summed E-state index contributed by atoms with van der Waals surface area (Å²) in [4.78, 5) is 16.4. The number of hydrogen-bond acceptors (Lipinski definition) is 6. The number of nitrogens with zero attached hydrogens (tertiary/aromatic N) is 1. The van der Waals surface area contributed by atoms with E-state index in [0.29, 0.717) is 29.2 Å². The Kier molecular flexibility index (Phi) is 6.59. The lowest BCUT2D eigenvalue weighted by Gasteiger charge is -2.17. The van der Waals surface area contributed by atoms with Crippen molar-refractivity contribution in [2.24, 2.45) is 0 Å². The molecule has 1 atom stereocenters. The summed E-state index contributed by atoms with van der Waals surface area (Å²) in [5.41, 5.74) is 0.840. The summed E-state index contributed by atoms with van der Waals surface area (Å²) in [5, 5.41) is 13.1. The Balaban J connectivity index is 2.09. The van der Waals surface area contributed by atoms with Gasteiger partial charge in [-0.25, -0.2) is 4.98 Å². The summed E-state index contributed by atoms with van der Waals surface area (Å²) in [7, 11) is 3.05. The van der Waals surface area contributed by atoms with Crippen molar-refractivity contribution in [3.8, 4) is 17.4 Å². The average Bonchev–Trinajstić information content (AvgIpc) is 2.66. The van der Waals surface area contributed by atoms with Crippen molar-refractivity contribution >= 4 is 5.91 Å². The van der Waals surface area contributed by atoms with Gasteiger partial charge in [-0.15, -0.1) is 0 Å². The van der Waals surface area contributed by atoms with Crippen LogP contribution >= 0.6 is 0 Å². The van der Waals surface area contributed by atoms with Crippen molar-refractivity contribution in [3.05, 3.63) is 47.7 Å². The number of benzene rings is 1. The third-order valence-corrected chi connectivity index (χ3v) is 3.55. The van der Waals surface area contributed by atoms with Crippen LogP contribution in [0, 0.1) is 0 Å². The molecule has 0 radical (unpaired) electrons. The number of aliphatic hydroxyl groups is 1. The molecule has 1 aromatic carbocycles. The number of carbonyl (C=O) groups is 1. The normalized spacial score (nSPS) is 11.5. The van der Waals surface area contributed by atoms with Gasteiger partial charge in [0, 0.05) is 18.3 Å². The summed E-state index contributed by atoms with van der Waals surface area (Å²) in [5.74, 6) is 0.986. The molecule has 0 spiro atoms. The van der Waals surface area contributed by atoms with Crippen LogP contribution in [0.5, 0.6) is 17.4 Å². The third-order valence-electron chi connectivity index (χ3n) is 3.55. The SMILES string of the molecule is CCOc1ncccc1C(=O)NC[C@@H](O)c1cc(OC)ccc1OC. The highest BCUT2D eigenvalue weighted by atomic mass is 16.5. The molecule has 7 heteroatoms. The van der Waals surface area contributed by atoms with E-state index in [9.17, 15) is 9.90 Å². The number of aliphatic hydroxyl groups excluding tert-OH is 1. The molecule has 0 saturated carbocycles. The second-order valence-electron chi connectivity index (χ2n) is 5.12. The predicted octanol–water partition coefficient (Wildman–Crippen LogP) is 1.96. The number of hydrogen-bond donors (Lipinski definition) is 2. The van der Waals surface area contributed by atoms with Gasteiger partial charge in [0.1, 0.15) is 23.2 Å². The second kappa shape index (κ2) is 8.89. The number of rotatable bonds is 8. The molecule has 2 N–H and O–H groups in total. The number of aromatic nitrogens is 1. The zero-order valence-electron chi connectivity index (χ0n) is 14.5. The van der Waals surface area contributed by atoms with Gasteiger partial charge < -0.3 is 24.6 Å². The van der Waals surface area contributed by atoms with Crippen molar-refractivity contribution in [1.29, 1.82) is 0 Å². The van der Waals surface area contributed by atoms with Gasteiger partial charge in [0.2, 0.25) is 5.88 Å².